The van der Waals surface area contributed by atoms with Crippen molar-refractivity contribution in [2.75, 3.05) is 18.8 Å². The van der Waals surface area contributed by atoms with Crippen LogP contribution in [-0.4, -0.2) is 52.6 Å². The summed E-state index contributed by atoms with van der Waals surface area (Å²) in [4.78, 5) is 30.0. The zero-order chi connectivity index (χ0) is 14.8. The lowest BCUT2D eigenvalue weighted by molar-refractivity contribution is -0.123. The number of hydrogen-bond donors (Lipinski definition) is 1. The van der Waals surface area contributed by atoms with Gasteiger partial charge in [0.05, 0.1) is 6.54 Å². The fourth-order valence-corrected chi connectivity index (χ4v) is 2.91. The van der Waals surface area contributed by atoms with Crippen molar-refractivity contribution >= 4 is 28.9 Å². The molecule has 0 aliphatic carbocycles. The number of rotatable bonds is 1. The number of nitrogens with zero attached hydrogens (tertiary/aromatic N) is 2. The van der Waals surface area contributed by atoms with E-state index in [1.165, 1.54) is 16.7 Å². The van der Waals surface area contributed by atoms with Gasteiger partial charge in [-0.05, 0) is 33.6 Å². The number of carbonyl (C=O) groups excluding carboxylic acids is 2. The highest BCUT2D eigenvalue weighted by atomic mass is 32.2. The molecule has 0 spiro atoms. The van der Waals surface area contributed by atoms with Crippen molar-refractivity contribution in [1.29, 1.82) is 0 Å². The third-order valence-corrected chi connectivity index (χ3v) is 3.89. The van der Waals surface area contributed by atoms with E-state index in [4.69, 9.17) is 4.74 Å². The van der Waals surface area contributed by atoms with Crippen LogP contribution in [0.5, 0.6) is 0 Å². The molecular weight excluding hydrogens is 278 g/mol. The van der Waals surface area contributed by atoms with Crippen LogP contribution in [0.3, 0.4) is 0 Å². The van der Waals surface area contributed by atoms with Gasteiger partial charge in [0.2, 0.25) is 5.91 Å². The van der Waals surface area contributed by atoms with E-state index < -0.39 is 17.7 Å². The lowest BCUT2D eigenvalue weighted by Crippen LogP contribution is -2.48. The zero-order valence-corrected chi connectivity index (χ0v) is 13.0. The fourth-order valence-electron chi connectivity index (χ4n) is 2.18. The standard InChI is InChI=1S/C13H21N3O3S/c1-13(2,3)19-12(18)16-7-4-5-9(16)10(17)15-11-14-6-8-20-11/h9H,4-8H2,1-3H3,(H,14,15,17)/t9-/m0/s1. The Morgan fingerprint density at radius 2 is 2.20 bits per heavy atom. The van der Waals surface area contributed by atoms with Gasteiger partial charge in [0.15, 0.2) is 5.17 Å². The molecule has 1 fully saturated rings. The SMILES string of the molecule is CC(C)(C)OC(=O)N1CCC[C@H]1C(=O)NC1=NCCS1. The highest BCUT2D eigenvalue weighted by Crippen LogP contribution is 2.21. The molecule has 0 aromatic rings. The van der Waals surface area contributed by atoms with E-state index in [-0.39, 0.29) is 5.91 Å². The van der Waals surface area contributed by atoms with Gasteiger partial charge in [-0.25, -0.2) is 4.79 Å². The van der Waals surface area contributed by atoms with Gasteiger partial charge in [0.1, 0.15) is 11.6 Å². The maximum atomic E-state index is 12.2. The molecule has 2 aliphatic rings. The quantitative estimate of drug-likeness (QED) is 0.798. The number of ether oxygens (including phenoxy) is 1. The Morgan fingerprint density at radius 3 is 2.80 bits per heavy atom. The maximum absolute atomic E-state index is 12.2. The lowest BCUT2D eigenvalue weighted by atomic mass is 10.2. The van der Waals surface area contributed by atoms with E-state index in [1.807, 2.05) is 20.8 Å². The van der Waals surface area contributed by atoms with E-state index >= 15 is 0 Å². The number of likely N-dealkylation sites (tertiary alicyclic amines) is 1. The minimum absolute atomic E-state index is 0.165. The number of carbonyl (C=O) groups is 2. The molecule has 1 N–H and O–H groups in total. The Hall–Kier alpha value is -1.24. The van der Waals surface area contributed by atoms with Crippen LogP contribution in [0.1, 0.15) is 33.6 Å². The second kappa shape index (κ2) is 6.03. The van der Waals surface area contributed by atoms with E-state index in [1.54, 1.807) is 0 Å². The molecule has 2 aliphatic heterocycles. The Kier molecular flexibility index (Phi) is 4.57. The Labute approximate surface area is 123 Å². The van der Waals surface area contributed by atoms with E-state index in [2.05, 4.69) is 10.3 Å². The fraction of sp³-hybridized carbons (Fsp3) is 0.769. The van der Waals surface area contributed by atoms with Crippen molar-refractivity contribution in [2.24, 2.45) is 4.99 Å². The molecule has 6 nitrogen and oxygen atoms in total. The molecule has 7 heteroatoms. The zero-order valence-electron chi connectivity index (χ0n) is 12.1. The van der Waals surface area contributed by atoms with Crippen LogP contribution in [0.4, 0.5) is 4.79 Å². The van der Waals surface area contributed by atoms with Gasteiger partial charge >= 0.3 is 6.09 Å². The second-order valence-corrected chi connectivity index (χ2v) is 6.94. The Bertz CT molecular complexity index is 431. The number of amides is 2. The van der Waals surface area contributed by atoms with Crippen LogP contribution in [0.2, 0.25) is 0 Å². The molecular formula is C13H21N3O3S. The van der Waals surface area contributed by atoms with Crippen LogP contribution in [0.15, 0.2) is 4.99 Å². The summed E-state index contributed by atoms with van der Waals surface area (Å²) in [7, 11) is 0. The molecule has 0 aromatic carbocycles. The highest BCUT2D eigenvalue weighted by molar-refractivity contribution is 8.14. The molecule has 2 rings (SSSR count). The van der Waals surface area contributed by atoms with Gasteiger partial charge in [0.25, 0.3) is 0 Å². The van der Waals surface area contributed by atoms with Crippen LogP contribution in [0, 0.1) is 0 Å². The third-order valence-electron chi connectivity index (χ3n) is 3.00. The van der Waals surface area contributed by atoms with Crippen LogP contribution in [-0.2, 0) is 9.53 Å². The molecule has 1 atom stereocenters. The summed E-state index contributed by atoms with van der Waals surface area (Å²) in [6.45, 7) is 6.76. The van der Waals surface area contributed by atoms with Crippen molar-refractivity contribution in [3.8, 4) is 0 Å². The summed E-state index contributed by atoms with van der Waals surface area (Å²) in [6, 6.07) is -0.450. The second-order valence-electron chi connectivity index (χ2n) is 5.86. The average Bonchev–Trinajstić information content (AvgIpc) is 2.96. The van der Waals surface area contributed by atoms with Crippen LogP contribution in [0.25, 0.3) is 0 Å². The van der Waals surface area contributed by atoms with E-state index in [0.717, 1.165) is 18.7 Å². The van der Waals surface area contributed by atoms with Gasteiger partial charge < -0.3 is 10.1 Å². The molecule has 0 saturated carbocycles. The van der Waals surface area contributed by atoms with E-state index in [0.29, 0.717) is 18.1 Å². The minimum Gasteiger partial charge on any atom is -0.444 e. The summed E-state index contributed by atoms with van der Waals surface area (Å²) >= 11 is 1.53. The molecule has 1 saturated heterocycles. The maximum Gasteiger partial charge on any atom is 0.410 e. The summed E-state index contributed by atoms with van der Waals surface area (Å²) < 4.78 is 5.34. The van der Waals surface area contributed by atoms with Gasteiger partial charge in [-0.1, -0.05) is 11.8 Å². The van der Waals surface area contributed by atoms with Crippen molar-refractivity contribution in [3.63, 3.8) is 0 Å². The molecule has 0 unspecified atom stereocenters. The normalized spacial score (nSPS) is 22.6. The average molecular weight is 299 g/mol. The highest BCUT2D eigenvalue weighted by Gasteiger charge is 2.37. The van der Waals surface area contributed by atoms with Crippen LogP contribution < -0.4 is 5.32 Å². The van der Waals surface area contributed by atoms with Crippen molar-refractivity contribution in [1.82, 2.24) is 10.2 Å². The molecule has 112 valence electrons. The summed E-state index contributed by atoms with van der Waals surface area (Å²) in [5, 5.41) is 3.45. The summed E-state index contributed by atoms with van der Waals surface area (Å²) in [6.07, 6.45) is 1.07. The molecule has 2 amide bonds. The number of amidine groups is 1. The van der Waals surface area contributed by atoms with Crippen LogP contribution >= 0.6 is 11.8 Å². The first-order valence-corrected chi connectivity index (χ1v) is 7.83. The first-order chi connectivity index (χ1) is 9.37. The van der Waals surface area contributed by atoms with Gasteiger partial charge in [-0.15, -0.1) is 0 Å². The largest absolute Gasteiger partial charge is 0.444 e. The predicted octanol–water partition coefficient (Wildman–Crippen LogP) is 1.60. The van der Waals surface area contributed by atoms with Gasteiger partial charge in [-0.2, -0.15) is 0 Å². The molecule has 20 heavy (non-hydrogen) atoms. The Morgan fingerprint density at radius 1 is 1.45 bits per heavy atom. The number of hydrogen-bond acceptors (Lipinski definition) is 5. The topological polar surface area (TPSA) is 71.0 Å². The predicted molar refractivity (Wildman–Crippen MR) is 78.9 cm³/mol. The summed E-state index contributed by atoms with van der Waals surface area (Å²) in [5.74, 6) is 0.734. The van der Waals surface area contributed by atoms with Crippen molar-refractivity contribution in [3.05, 3.63) is 0 Å². The number of thioether (sulfide) groups is 1. The third kappa shape index (κ3) is 3.88. The molecule has 0 radical (unpaired) electrons. The van der Waals surface area contributed by atoms with Gasteiger partial charge in [-0.3, -0.25) is 14.7 Å². The smallest absolute Gasteiger partial charge is 0.410 e. The number of aliphatic imine (C=N–C) groups is 1. The first-order valence-electron chi connectivity index (χ1n) is 6.84. The van der Waals surface area contributed by atoms with Crippen molar-refractivity contribution in [2.45, 2.75) is 45.3 Å². The molecule has 0 aromatic heterocycles. The Balaban J connectivity index is 1.95. The molecule has 2 heterocycles. The summed E-state index contributed by atoms with van der Waals surface area (Å²) in [5.41, 5.74) is -0.550. The monoisotopic (exact) mass is 299 g/mol. The van der Waals surface area contributed by atoms with E-state index in [9.17, 15) is 9.59 Å². The lowest BCUT2D eigenvalue weighted by Gasteiger charge is -2.27. The van der Waals surface area contributed by atoms with Gasteiger partial charge in [0, 0.05) is 12.3 Å². The first kappa shape index (κ1) is 15.2. The van der Waals surface area contributed by atoms with Crippen molar-refractivity contribution < 1.29 is 14.3 Å². The molecule has 0 bridgehead atoms. The minimum atomic E-state index is -0.550. The number of nitrogens with one attached hydrogen (secondary N) is 1.